The fourth-order valence-electron chi connectivity index (χ4n) is 8.86. The topological polar surface area (TPSA) is 163 Å². The Morgan fingerprint density at radius 1 is 0.422 bits per heavy atom. The third-order valence-corrected chi connectivity index (χ3v) is 15.1. The van der Waals surface area contributed by atoms with Gasteiger partial charge in [-0.15, -0.1) is 0 Å². The standard InChI is InChI=1S/C52H28F2N4O4S2/c1-30-12-8-9-17-37(30)46-48-39-22-20-35(63(59,60)33-13-4-2-5-14-33)24-42(39)45(32(28-57)29-58)51(48)47(38-18-10-11-19-41(38)52(53)54)49-40-23-21-36(64(61,62)34-15-6-3-7-16-34)25-43(40)44(50(46)49)31(26-55)27-56/h2-25,52H,1H3. The van der Waals surface area contributed by atoms with Crippen LogP contribution in [0.5, 0.6) is 0 Å². The van der Waals surface area contributed by atoms with Crippen molar-refractivity contribution < 1.29 is 25.6 Å². The molecule has 0 radical (unpaired) electrons. The van der Waals surface area contributed by atoms with Gasteiger partial charge in [-0.25, -0.2) is 25.6 Å². The monoisotopic (exact) mass is 874 g/mol. The fourth-order valence-corrected chi connectivity index (χ4v) is 11.5. The highest BCUT2D eigenvalue weighted by molar-refractivity contribution is 7.91. The van der Waals surface area contributed by atoms with Gasteiger partial charge in [0.15, 0.2) is 0 Å². The summed E-state index contributed by atoms with van der Waals surface area (Å²) in [6.45, 7) is 1.83. The molecule has 12 heteroatoms. The summed E-state index contributed by atoms with van der Waals surface area (Å²) in [4.78, 5) is -0.342. The van der Waals surface area contributed by atoms with Crippen LogP contribution in [0.1, 0.15) is 39.8 Å². The molecule has 306 valence electrons. The molecule has 2 aliphatic rings. The zero-order valence-electron chi connectivity index (χ0n) is 33.4. The molecule has 0 saturated heterocycles. The number of benzene rings is 7. The first-order valence-corrected chi connectivity index (χ1v) is 22.5. The van der Waals surface area contributed by atoms with Gasteiger partial charge in [-0.3, -0.25) is 0 Å². The summed E-state index contributed by atoms with van der Waals surface area (Å²) in [5, 5.41) is 42.8. The first kappa shape index (κ1) is 41.1. The van der Waals surface area contributed by atoms with E-state index in [1.165, 1.54) is 72.8 Å². The highest BCUT2D eigenvalue weighted by Gasteiger charge is 2.43. The maximum atomic E-state index is 15.4. The first-order chi connectivity index (χ1) is 30.9. The Hall–Kier alpha value is -8.26. The van der Waals surface area contributed by atoms with Crippen molar-refractivity contribution in [3.63, 3.8) is 0 Å². The van der Waals surface area contributed by atoms with Crippen molar-refractivity contribution in [1.29, 1.82) is 21.0 Å². The molecule has 2 aliphatic carbocycles. The lowest BCUT2D eigenvalue weighted by Crippen LogP contribution is -2.03. The second-order valence-corrected chi connectivity index (χ2v) is 18.8. The third-order valence-electron chi connectivity index (χ3n) is 11.6. The van der Waals surface area contributed by atoms with E-state index in [-0.39, 0.29) is 75.2 Å². The molecule has 8 nitrogen and oxygen atoms in total. The number of fused-ring (bicyclic) bond motifs is 6. The highest BCUT2D eigenvalue weighted by Crippen LogP contribution is 2.63. The molecule has 0 aliphatic heterocycles. The molecule has 0 heterocycles. The van der Waals surface area contributed by atoms with E-state index in [1.807, 2.05) is 37.3 Å². The lowest BCUT2D eigenvalue weighted by molar-refractivity contribution is 0.152. The van der Waals surface area contributed by atoms with Crippen molar-refractivity contribution in [1.82, 2.24) is 0 Å². The summed E-state index contributed by atoms with van der Waals surface area (Å²) >= 11 is 0. The van der Waals surface area contributed by atoms with Crippen LogP contribution in [0.25, 0.3) is 55.7 Å². The number of nitriles is 4. The van der Waals surface area contributed by atoms with Crippen LogP contribution in [0, 0.1) is 52.2 Å². The van der Waals surface area contributed by atoms with Crippen LogP contribution in [0.3, 0.4) is 0 Å². The second kappa shape index (κ2) is 15.6. The average Bonchev–Trinajstić information content (AvgIpc) is 3.83. The number of nitrogens with zero attached hydrogens (tertiary/aromatic N) is 4. The predicted octanol–water partition coefficient (Wildman–Crippen LogP) is 11.6. The van der Waals surface area contributed by atoms with Gasteiger partial charge in [0.25, 0.3) is 6.43 Å². The summed E-state index contributed by atoms with van der Waals surface area (Å²) in [5.41, 5.74) is 2.43. The quantitative estimate of drug-likeness (QED) is 0.143. The lowest BCUT2D eigenvalue weighted by Gasteiger charge is -2.24. The van der Waals surface area contributed by atoms with Crippen molar-refractivity contribution in [2.45, 2.75) is 32.9 Å². The number of halogens is 2. The SMILES string of the molecule is Cc1ccccc1-c1c2c(c(-c3ccccc3C(F)F)c3c1-c1ccc(S(=O)(=O)c4ccccc4)cc1C3=C(C#N)C#N)-c1ccc(S(=O)(=O)c3ccccc3)cc1C2=C(C#N)C#N. The minimum absolute atomic E-state index is 0.0107. The second-order valence-electron chi connectivity index (χ2n) is 14.9. The van der Waals surface area contributed by atoms with Crippen molar-refractivity contribution >= 4 is 30.8 Å². The van der Waals surface area contributed by atoms with Gasteiger partial charge in [0.05, 0.1) is 19.6 Å². The number of allylic oxidation sites excluding steroid dienone is 2. The molecule has 0 saturated carbocycles. The summed E-state index contributed by atoms with van der Waals surface area (Å²) in [7, 11) is -8.38. The van der Waals surface area contributed by atoms with E-state index in [1.54, 1.807) is 66.7 Å². The maximum Gasteiger partial charge on any atom is 0.264 e. The summed E-state index contributed by atoms with van der Waals surface area (Å²) in [6, 6.07) is 44.9. The maximum absolute atomic E-state index is 15.4. The predicted molar refractivity (Wildman–Crippen MR) is 236 cm³/mol. The van der Waals surface area contributed by atoms with E-state index in [0.717, 1.165) is 0 Å². The highest BCUT2D eigenvalue weighted by atomic mass is 32.2. The molecule has 9 rings (SSSR count). The lowest BCUT2D eigenvalue weighted by atomic mass is 9.78. The molecule has 0 amide bonds. The van der Waals surface area contributed by atoms with E-state index in [2.05, 4.69) is 0 Å². The molecule has 7 aromatic carbocycles. The van der Waals surface area contributed by atoms with Gasteiger partial charge in [0.2, 0.25) is 19.7 Å². The van der Waals surface area contributed by atoms with Crippen molar-refractivity contribution in [2.24, 2.45) is 0 Å². The van der Waals surface area contributed by atoms with Crippen molar-refractivity contribution in [3.05, 3.63) is 190 Å². The number of aryl methyl sites for hydroxylation is 1. The molecule has 7 aromatic rings. The zero-order chi connectivity index (χ0) is 45.1. The van der Waals surface area contributed by atoms with Gasteiger partial charge in [0.1, 0.15) is 35.4 Å². The number of sulfone groups is 2. The normalized spacial score (nSPS) is 12.2. The number of rotatable bonds is 7. The van der Waals surface area contributed by atoms with Gasteiger partial charge < -0.3 is 0 Å². The molecule has 0 atom stereocenters. The number of alkyl halides is 2. The van der Waals surface area contributed by atoms with Crippen LogP contribution in [0.15, 0.2) is 176 Å². The number of hydrogen-bond acceptors (Lipinski definition) is 8. The molecule has 64 heavy (non-hydrogen) atoms. The van der Waals surface area contributed by atoms with E-state index >= 15 is 8.78 Å². The van der Waals surface area contributed by atoms with Crippen molar-refractivity contribution in [2.75, 3.05) is 0 Å². The third kappa shape index (κ3) is 6.16. The molecular weight excluding hydrogens is 847 g/mol. The minimum atomic E-state index is -4.19. The molecule has 0 spiro atoms. The molecule has 0 unspecified atom stereocenters. The largest absolute Gasteiger partial charge is 0.264 e. The average molecular weight is 875 g/mol. The Kier molecular flexibility index (Phi) is 10.0. The van der Waals surface area contributed by atoms with Crippen molar-refractivity contribution in [3.8, 4) is 68.8 Å². The Bertz CT molecular complexity index is 3640. The molecule has 0 aromatic heterocycles. The van der Waals surface area contributed by atoms with Gasteiger partial charge >= 0.3 is 0 Å². The van der Waals surface area contributed by atoms with Gasteiger partial charge in [-0.2, -0.15) is 21.0 Å². The Morgan fingerprint density at radius 2 is 0.797 bits per heavy atom. The van der Waals surface area contributed by atoms with Gasteiger partial charge in [-0.05, 0) is 117 Å². The summed E-state index contributed by atoms with van der Waals surface area (Å²) in [5.74, 6) is 0. The summed E-state index contributed by atoms with van der Waals surface area (Å²) in [6.07, 6.45) is -3.05. The van der Waals surface area contributed by atoms with Gasteiger partial charge in [0, 0.05) is 27.8 Å². The van der Waals surface area contributed by atoms with Crippen LogP contribution in [-0.2, 0) is 19.7 Å². The molecule has 0 N–H and O–H groups in total. The van der Waals surface area contributed by atoms with Gasteiger partial charge in [-0.1, -0.05) is 97.1 Å². The molecular formula is C52H28F2N4O4S2. The van der Waals surface area contributed by atoms with Crippen LogP contribution in [0.2, 0.25) is 0 Å². The smallest absolute Gasteiger partial charge is 0.219 e. The van der Waals surface area contributed by atoms with E-state index in [4.69, 9.17) is 0 Å². The Morgan fingerprint density at radius 3 is 1.22 bits per heavy atom. The van der Waals surface area contributed by atoms with E-state index in [9.17, 15) is 37.9 Å². The van der Waals surface area contributed by atoms with Crippen LogP contribution in [0.4, 0.5) is 8.78 Å². The summed E-state index contributed by atoms with van der Waals surface area (Å²) < 4.78 is 87.6. The zero-order valence-corrected chi connectivity index (χ0v) is 35.1. The minimum Gasteiger partial charge on any atom is -0.219 e. The van der Waals surface area contributed by atoms with Crippen LogP contribution < -0.4 is 0 Å². The number of hydrogen-bond donors (Lipinski definition) is 0. The molecule has 0 bridgehead atoms. The van der Waals surface area contributed by atoms with Crippen LogP contribution >= 0.6 is 0 Å². The van der Waals surface area contributed by atoms with E-state index < -0.39 is 42.8 Å². The Labute approximate surface area is 367 Å². The molecule has 0 fully saturated rings. The van der Waals surface area contributed by atoms with E-state index in [0.29, 0.717) is 27.8 Å². The first-order valence-electron chi connectivity index (χ1n) is 19.6. The fraction of sp³-hybridized carbons (Fsp3) is 0.0385. The van der Waals surface area contributed by atoms with Crippen LogP contribution in [-0.4, -0.2) is 16.8 Å². The Balaban J connectivity index is 1.54.